The number of anilines is 1. The summed E-state index contributed by atoms with van der Waals surface area (Å²) >= 11 is 4.40. The van der Waals surface area contributed by atoms with Crippen LogP contribution < -0.4 is 10.6 Å². The van der Waals surface area contributed by atoms with E-state index in [4.69, 9.17) is 19.3 Å². The molecule has 2 N–H and O–H groups in total. The molecule has 2 unspecified atom stereocenters. The summed E-state index contributed by atoms with van der Waals surface area (Å²) in [5.74, 6) is -0.865. The Hall–Kier alpha value is -5.93. The molecule has 14 heteroatoms. The van der Waals surface area contributed by atoms with Crippen molar-refractivity contribution in [3.63, 3.8) is 0 Å². The van der Waals surface area contributed by atoms with Crippen LogP contribution in [-0.4, -0.2) is 87.4 Å². The number of thioether (sulfide) groups is 2. The van der Waals surface area contributed by atoms with Crippen LogP contribution in [0.3, 0.4) is 0 Å². The first kappa shape index (κ1) is 43.3. The molecule has 64 heavy (non-hydrogen) atoms. The molecule has 326 valence electrons. The second-order valence-electron chi connectivity index (χ2n) is 15.8. The van der Waals surface area contributed by atoms with Crippen molar-refractivity contribution in [1.29, 1.82) is 0 Å². The van der Waals surface area contributed by atoms with Crippen LogP contribution in [0.1, 0.15) is 52.5 Å². The van der Waals surface area contributed by atoms with Crippen LogP contribution in [0.15, 0.2) is 162 Å². The van der Waals surface area contributed by atoms with Crippen molar-refractivity contribution in [3.8, 4) is 0 Å². The summed E-state index contributed by atoms with van der Waals surface area (Å²) in [7, 11) is 1.37. The van der Waals surface area contributed by atoms with E-state index in [-0.39, 0.29) is 35.1 Å². The minimum absolute atomic E-state index is 0.0653. The molecule has 9 rings (SSSR count). The number of ether oxygens (including phenoxy) is 2. The van der Waals surface area contributed by atoms with Crippen LogP contribution in [0, 0.1) is 0 Å². The Morgan fingerprint density at radius 3 is 1.89 bits per heavy atom. The fourth-order valence-corrected chi connectivity index (χ4v) is 12.6. The summed E-state index contributed by atoms with van der Waals surface area (Å²) < 4.78 is 11.1. The summed E-state index contributed by atoms with van der Waals surface area (Å²) in [6.07, 6.45) is 0.959. The molecule has 3 fully saturated rings. The summed E-state index contributed by atoms with van der Waals surface area (Å²) in [6, 6.07) is 49.1. The third-order valence-corrected chi connectivity index (χ3v) is 15.9. The van der Waals surface area contributed by atoms with Gasteiger partial charge < -0.3 is 29.8 Å². The third-order valence-electron chi connectivity index (χ3n) is 11.8. The summed E-state index contributed by atoms with van der Waals surface area (Å²) in [6.45, 7) is 1.38. The summed E-state index contributed by atoms with van der Waals surface area (Å²) in [5, 5.41) is 12.9. The molecule has 3 aliphatic rings. The van der Waals surface area contributed by atoms with Gasteiger partial charge in [0.2, 0.25) is 5.91 Å². The number of amides is 2. The number of nitrogens with one attached hydrogen (secondary N) is 2. The van der Waals surface area contributed by atoms with Crippen LogP contribution in [0.25, 0.3) is 0 Å². The minimum atomic E-state index is -1.04. The predicted molar refractivity (Wildman–Crippen MR) is 253 cm³/mol. The van der Waals surface area contributed by atoms with Crippen LogP contribution in [0.4, 0.5) is 5.13 Å². The highest BCUT2D eigenvalue weighted by Gasteiger charge is 2.59. The Balaban J connectivity index is 0.941. The Kier molecular flexibility index (Phi) is 13.2. The van der Waals surface area contributed by atoms with Gasteiger partial charge in [-0.1, -0.05) is 157 Å². The number of oxime groups is 1. The van der Waals surface area contributed by atoms with Gasteiger partial charge in [-0.3, -0.25) is 14.4 Å². The fraction of sp³-hybridized carbons (Fsp3) is 0.260. The van der Waals surface area contributed by atoms with Crippen molar-refractivity contribution < 1.29 is 28.7 Å². The summed E-state index contributed by atoms with van der Waals surface area (Å²) in [4.78, 5) is 54.8. The van der Waals surface area contributed by atoms with Gasteiger partial charge in [0, 0.05) is 36.1 Å². The molecular formula is C50H47N5O6S3. The lowest BCUT2D eigenvalue weighted by atomic mass is 9.77. The van der Waals surface area contributed by atoms with Gasteiger partial charge in [-0.2, -0.15) is 0 Å². The normalized spacial score (nSPS) is 20.2. The van der Waals surface area contributed by atoms with Crippen molar-refractivity contribution >= 4 is 63.5 Å². The maximum atomic E-state index is 14.7. The molecule has 0 aliphatic carbocycles. The van der Waals surface area contributed by atoms with Crippen molar-refractivity contribution in [2.75, 3.05) is 37.9 Å². The van der Waals surface area contributed by atoms with Gasteiger partial charge in [0.1, 0.15) is 34.5 Å². The Bertz CT molecular complexity index is 2430. The fourth-order valence-electron chi connectivity index (χ4n) is 8.59. The van der Waals surface area contributed by atoms with Gasteiger partial charge in [-0.25, -0.2) is 4.98 Å². The first-order valence-corrected chi connectivity index (χ1v) is 24.0. The number of nitrogens with zero attached hydrogens (tertiary/aromatic N) is 3. The molecule has 0 radical (unpaired) electrons. The largest absolute Gasteiger partial charge is 0.451 e. The number of aromatic nitrogens is 1. The zero-order valence-electron chi connectivity index (χ0n) is 35.1. The number of carbonyl (C=O) groups excluding carboxylic acids is 3. The van der Waals surface area contributed by atoms with Gasteiger partial charge in [0.05, 0.1) is 0 Å². The van der Waals surface area contributed by atoms with Crippen LogP contribution in [-0.2, 0) is 34.2 Å². The molecule has 4 heterocycles. The molecule has 6 aromatic rings. The van der Waals surface area contributed by atoms with E-state index in [0.29, 0.717) is 24.1 Å². The first-order chi connectivity index (χ1) is 31.4. The van der Waals surface area contributed by atoms with E-state index >= 15 is 0 Å². The summed E-state index contributed by atoms with van der Waals surface area (Å²) in [5.41, 5.74) is 4.10. The molecule has 3 saturated heterocycles. The Labute approximate surface area is 385 Å². The van der Waals surface area contributed by atoms with E-state index in [1.54, 1.807) is 22.0 Å². The van der Waals surface area contributed by atoms with Crippen molar-refractivity contribution in [2.24, 2.45) is 5.16 Å². The number of hydrogen-bond acceptors (Lipinski definition) is 12. The second kappa shape index (κ2) is 19.4. The number of thiazole rings is 1. The Morgan fingerprint density at radius 1 is 0.828 bits per heavy atom. The van der Waals surface area contributed by atoms with Crippen LogP contribution in [0.5, 0.6) is 0 Å². The number of benzene rings is 5. The maximum absolute atomic E-state index is 14.7. The lowest BCUT2D eigenvalue weighted by molar-refractivity contribution is -0.155. The average molecular weight is 910 g/mol. The van der Waals surface area contributed by atoms with E-state index in [2.05, 4.69) is 52.2 Å². The van der Waals surface area contributed by atoms with E-state index in [0.717, 1.165) is 40.7 Å². The number of β-lactam (4-membered cyclic amide) rings is 1. The number of fused-ring (bicyclic) bond motifs is 1. The van der Waals surface area contributed by atoms with Crippen LogP contribution in [0.2, 0.25) is 0 Å². The highest BCUT2D eigenvalue weighted by atomic mass is 32.2. The van der Waals surface area contributed by atoms with Gasteiger partial charge >= 0.3 is 5.97 Å². The predicted octanol–water partition coefficient (Wildman–Crippen LogP) is 8.28. The number of rotatable bonds is 15. The molecule has 5 aromatic carbocycles. The van der Waals surface area contributed by atoms with E-state index in [9.17, 15) is 14.4 Å². The molecule has 2 amide bonds. The first-order valence-electron chi connectivity index (χ1n) is 21.2. The lowest BCUT2D eigenvalue weighted by Crippen LogP contribution is -2.75. The molecule has 3 aliphatic heterocycles. The highest BCUT2D eigenvalue weighted by Crippen LogP contribution is 2.48. The quantitative estimate of drug-likeness (QED) is 0.0341. The zero-order valence-corrected chi connectivity index (χ0v) is 37.5. The monoisotopic (exact) mass is 909 g/mol. The second-order valence-corrected chi connectivity index (χ2v) is 19.4. The lowest BCUT2D eigenvalue weighted by Gasteiger charge is -2.54. The number of esters is 1. The van der Waals surface area contributed by atoms with Crippen molar-refractivity contribution in [2.45, 2.75) is 45.9 Å². The van der Waals surface area contributed by atoms with E-state index in [1.165, 1.54) is 30.2 Å². The maximum Gasteiger partial charge on any atom is 0.325 e. The van der Waals surface area contributed by atoms with Crippen molar-refractivity contribution in [3.05, 3.63) is 191 Å². The standard InChI is InChI=1S/C50H47N5O6S3/c1-59-54-41(40-31-62-48(51-40)53-50(36-21-11-4-12-22-36,37-23-13-5-14-24-37)38-25-15-6-16-26-38)44(56)52-42-45(57)55-32-49(33-63-46(42)55,64-39-27-29-60-30-28-39)47(58)61-43(34-17-7-2-8-18-34)35-19-9-3-10-20-35/h2-26,31,39,42-43,46H,27-30,32-33H2,1H3,(H,51,53)(H,52,56)/t42?,46-,49?/m1/s1. The minimum Gasteiger partial charge on any atom is -0.451 e. The highest BCUT2D eigenvalue weighted by molar-refractivity contribution is 8.05. The molecule has 3 atom stereocenters. The average Bonchev–Trinajstić information content (AvgIpc) is 3.82. The van der Waals surface area contributed by atoms with Crippen LogP contribution >= 0.6 is 34.9 Å². The van der Waals surface area contributed by atoms with Gasteiger partial charge in [-0.15, -0.1) is 34.9 Å². The zero-order chi connectivity index (χ0) is 43.9. The van der Waals surface area contributed by atoms with E-state index in [1.807, 2.05) is 115 Å². The van der Waals surface area contributed by atoms with Gasteiger partial charge in [0.15, 0.2) is 16.9 Å². The third kappa shape index (κ3) is 8.79. The number of hydrogen-bond donors (Lipinski definition) is 2. The SMILES string of the molecule is CON=C(C(=O)NC1C(=O)N2CC(SC3CCOCC3)(C(=O)OC(c3ccccc3)c3ccccc3)CS[C@H]12)c1csc(NC(c2ccccc2)(c2ccccc2)c2ccccc2)n1. The smallest absolute Gasteiger partial charge is 0.325 e. The van der Waals surface area contributed by atoms with Gasteiger partial charge in [-0.05, 0) is 40.7 Å². The number of carbonyl (C=O) groups is 3. The van der Waals surface area contributed by atoms with Gasteiger partial charge in [0.25, 0.3) is 5.91 Å². The molecule has 0 saturated carbocycles. The topological polar surface area (TPSA) is 131 Å². The molecule has 0 spiro atoms. The van der Waals surface area contributed by atoms with Crippen molar-refractivity contribution in [1.82, 2.24) is 15.2 Å². The van der Waals surface area contributed by atoms with E-state index < -0.39 is 33.7 Å². The Morgan fingerprint density at radius 2 is 1.36 bits per heavy atom. The molecule has 0 bridgehead atoms. The molecule has 11 nitrogen and oxygen atoms in total. The molecule has 1 aromatic heterocycles. The molecular weight excluding hydrogens is 863 g/mol.